The molecule has 0 aromatic heterocycles. The molecule has 2 aliphatic heterocycles. The molecule has 1 aromatic rings. The molecule has 1 aromatic carbocycles. The van der Waals surface area contributed by atoms with Crippen LogP contribution in [0, 0.1) is 11.3 Å². The molecule has 1 aliphatic carbocycles. The van der Waals surface area contributed by atoms with E-state index in [1.807, 2.05) is 29.2 Å². The van der Waals surface area contributed by atoms with Crippen molar-refractivity contribution < 1.29 is 9.53 Å². The summed E-state index contributed by atoms with van der Waals surface area (Å²) in [5, 5.41) is 3.17. The Kier molecular flexibility index (Phi) is 3.36. The Hall–Kier alpha value is -1.97. The predicted molar refractivity (Wildman–Crippen MR) is 89.3 cm³/mol. The van der Waals surface area contributed by atoms with Crippen LogP contribution in [-0.2, 0) is 0 Å². The molecule has 1 N–H and O–H groups in total. The van der Waals surface area contributed by atoms with Crippen LogP contribution in [-0.4, -0.2) is 30.1 Å². The van der Waals surface area contributed by atoms with Crippen LogP contribution in [0.3, 0.4) is 0 Å². The van der Waals surface area contributed by atoms with Crippen molar-refractivity contribution in [2.75, 3.05) is 13.2 Å². The minimum atomic E-state index is -0.0373. The van der Waals surface area contributed by atoms with E-state index in [0.29, 0.717) is 18.6 Å². The molecule has 1 saturated heterocycles. The molecule has 1 fully saturated rings. The minimum Gasteiger partial charge on any atom is -0.491 e. The lowest BCUT2D eigenvalue weighted by Gasteiger charge is -2.58. The van der Waals surface area contributed by atoms with Crippen LogP contribution in [0.4, 0.5) is 4.79 Å². The number of hydrogen-bond donors (Lipinski definition) is 1. The van der Waals surface area contributed by atoms with Gasteiger partial charge in [-0.15, -0.1) is 0 Å². The maximum Gasteiger partial charge on any atom is 0.318 e. The lowest BCUT2D eigenvalue weighted by molar-refractivity contribution is -0.0583. The molecule has 23 heavy (non-hydrogen) atoms. The van der Waals surface area contributed by atoms with E-state index >= 15 is 0 Å². The number of rotatable bonds is 2. The number of carbonyl (C=O) groups is 1. The Morgan fingerprint density at radius 3 is 2.78 bits per heavy atom. The average Bonchev–Trinajstić information content (AvgIpc) is 3.13. The quantitative estimate of drug-likeness (QED) is 0.849. The van der Waals surface area contributed by atoms with Crippen LogP contribution in [0.1, 0.15) is 38.3 Å². The highest BCUT2D eigenvalue weighted by Crippen LogP contribution is 2.50. The molecule has 2 unspecified atom stereocenters. The third-order valence-electron chi connectivity index (χ3n) is 5.55. The molecule has 122 valence electrons. The largest absolute Gasteiger partial charge is 0.491 e. The van der Waals surface area contributed by atoms with Gasteiger partial charge in [-0.1, -0.05) is 44.2 Å². The van der Waals surface area contributed by atoms with Crippen LogP contribution >= 0.6 is 0 Å². The van der Waals surface area contributed by atoms with Gasteiger partial charge < -0.3 is 15.0 Å². The molecule has 0 saturated carbocycles. The fourth-order valence-corrected chi connectivity index (χ4v) is 4.62. The Bertz CT molecular complexity index is 645. The standard InChI is InChI=1S/C19H24N2O2/c1-13(2)17-19(9-5-6-10-19)12-21(17)18(22)20-15-11-23-16-8-4-3-7-14(15)16/h3-8,13,15,17H,9-12H2,1-2H3,(H,20,22). The summed E-state index contributed by atoms with van der Waals surface area (Å²) in [5.74, 6) is 1.36. The zero-order chi connectivity index (χ0) is 16.0. The number of fused-ring (bicyclic) bond motifs is 1. The van der Waals surface area contributed by atoms with Crippen LogP contribution < -0.4 is 10.1 Å². The van der Waals surface area contributed by atoms with Crippen molar-refractivity contribution in [1.29, 1.82) is 0 Å². The first-order chi connectivity index (χ1) is 11.1. The van der Waals surface area contributed by atoms with Gasteiger partial charge >= 0.3 is 6.03 Å². The fraction of sp³-hybridized carbons (Fsp3) is 0.526. The highest BCUT2D eigenvalue weighted by Gasteiger charge is 2.55. The average molecular weight is 312 g/mol. The Labute approximate surface area is 137 Å². The smallest absolute Gasteiger partial charge is 0.318 e. The number of urea groups is 1. The number of allylic oxidation sites excluding steroid dienone is 2. The van der Waals surface area contributed by atoms with E-state index in [2.05, 4.69) is 31.3 Å². The number of ether oxygens (including phenoxy) is 1. The topological polar surface area (TPSA) is 41.6 Å². The molecular weight excluding hydrogens is 288 g/mol. The normalized spacial score (nSPS) is 27.0. The summed E-state index contributed by atoms with van der Waals surface area (Å²) in [6.45, 7) is 5.83. The van der Waals surface area contributed by atoms with Crippen molar-refractivity contribution in [3.8, 4) is 5.75 Å². The molecule has 2 atom stereocenters. The van der Waals surface area contributed by atoms with Gasteiger partial charge in [0.2, 0.25) is 0 Å². The maximum atomic E-state index is 12.8. The lowest BCUT2D eigenvalue weighted by Crippen LogP contribution is -2.69. The van der Waals surface area contributed by atoms with Crippen molar-refractivity contribution >= 4 is 6.03 Å². The molecule has 2 heterocycles. The summed E-state index contributed by atoms with van der Waals surface area (Å²) in [6.07, 6.45) is 6.75. The first-order valence-corrected chi connectivity index (χ1v) is 8.55. The number of hydrogen-bond acceptors (Lipinski definition) is 2. The summed E-state index contributed by atoms with van der Waals surface area (Å²) in [7, 11) is 0. The number of nitrogens with zero attached hydrogens (tertiary/aromatic N) is 1. The van der Waals surface area contributed by atoms with Crippen molar-refractivity contribution in [3.05, 3.63) is 42.0 Å². The predicted octanol–water partition coefficient (Wildman–Crippen LogP) is 3.51. The highest BCUT2D eigenvalue weighted by atomic mass is 16.5. The van der Waals surface area contributed by atoms with Gasteiger partial charge in [0.15, 0.2) is 0 Å². The van der Waals surface area contributed by atoms with Gasteiger partial charge in [0.05, 0.1) is 6.04 Å². The summed E-state index contributed by atoms with van der Waals surface area (Å²) in [5.41, 5.74) is 1.37. The third kappa shape index (κ3) is 2.23. The molecule has 0 radical (unpaired) electrons. The van der Waals surface area contributed by atoms with Crippen molar-refractivity contribution in [2.24, 2.45) is 11.3 Å². The summed E-state index contributed by atoms with van der Waals surface area (Å²) in [4.78, 5) is 14.8. The molecule has 1 spiro atoms. The number of nitrogens with one attached hydrogen (secondary N) is 1. The second-order valence-corrected chi connectivity index (χ2v) is 7.41. The Morgan fingerprint density at radius 1 is 1.30 bits per heavy atom. The van der Waals surface area contributed by atoms with Crippen LogP contribution in [0.2, 0.25) is 0 Å². The van der Waals surface area contributed by atoms with E-state index in [4.69, 9.17) is 4.74 Å². The summed E-state index contributed by atoms with van der Waals surface area (Å²) in [6, 6.07) is 8.29. The van der Waals surface area contributed by atoms with Gasteiger partial charge in [0.25, 0.3) is 0 Å². The monoisotopic (exact) mass is 312 g/mol. The van der Waals surface area contributed by atoms with Crippen molar-refractivity contribution in [1.82, 2.24) is 10.2 Å². The van der Waals surface area contributed by atoms with Crippen molar-refractivity contribution in [2.45, 2.75) is 38.8 Å². The second-order valence-electron chi connectivity index (χ2n) is 7.41. The fourth-order valence-electron chi connectivity index (χ4n) is 4.62. The lowest BCUT2D eigenvalue weighted by atomic mass is 9.65. The summed E-state index contributed by atoms with van der Waals surface area (Å²) >= 11 is 0. The first-order valence-electron chi connectivity index (χ1n) is 8.55. The third-order valence-corrected chi connectivity index (χ3v) is 5.55. The van der Waals surface area contributed by atoms with Gasteiger partial charge in [-0.3, -0.25) is 0 Å². The van der Waals surface area contributed by atoms with E-state index in [1.165, 1.54) is 0 Å². The van der Waals surface area contributed by atoms with E-state index in [-0.39, 0.29) is 17.5 Å². The maximum absolute atomic E-state index is 12.8. The molecule has 4 rings (SSSR count). The second kappa shape index (κ2) is 5.29. The Balaban J connectivity index is 1.46. The van der Waals surface area contributed by atoms with E-state index < -0.39 is 0 Å². The van der Waals surface area contributed by atoms with E-state index in [1.54, 1.807) is 0 Å². The van der Waals surface area contributed by atoms with Crippen LogP contribution in [0.15, 0.2) is 36.4 Å². The zero-order valence-corrected chi connectivity index (χ0v) is 13.8. The van der Waals surface area contributed by atoms with Gasteiger partial charge in [-0.2, -0.15) is 0 Å². The minimum absolute atomic E-state index is 0.0373. The molecular formula is C19H24N2O2. The number of amides is 2. The number of likely N-dealkylation sites (tertiary alicyclic amines) is 1. The molecule has 0 bridgehead atoms. The van der Waals surface area contributed by atoms with Gasteiger partial charge in [0.1, 0.15) is 12.4 Å². The summed E-state index contributed by atoms with van der Waals surface area (Å²) < 4.78 is 5.67. The molecule has 3 aliphatic rings. The Morgan fingerprint density at radius 2 is 2.04 bits per heavy atom. The number of carbonyl (C=O) groups excluding carboxylic acids is 1. The number of benzene rings is 1. The zero-order valence-electron chi connectivity index (χ0n) is 13.8. The molecule has 4 heteroatoms. The van der Waals surface area contributed by atoms with E-state index in [9.17, 15) is 4.79 Å². The highest BCUT2D eigenvalue weighted by molar-refractivity contribution is 5.77. The van der Waals surface area contributed by atoms with Gasteiger partial charge in [-0.05, 0) is 24.8 Å². The SMILES string of the molecule is CC(C)C1N(C(=O)NC2COc3ccccc32)CC12CC=CC2. The van der Waals surface area contributed by atoms with Crippen LogP contribution in [0.25, 0.3) is 0 Å². The molecule has 2 amide bonds. The van der Waals surface area contributed by atoms with Crippen molar-refractivity contribution in [3.63, 3.8) is 0 Å². The van der Waals surface area contributed by atoms with Crippen LogP contribution in [0.5, 0.6) is 5.75 Å². The van der Waals surface area contributed by atoms with Gasteiger partial charge in [-0.25, -0.2) is 4.79 Å². The number of para-hydroxylation sites is 1. The first kappa shape index (κ1) is 14.6. The van der Waals surface area contributed by atoms with Gasteiger partial charge in [0, 0.05) is 23.6 Å². The molecule has 4 nitrogen and oxygen atoms in total. The van der Waals surface area contributed by atoms with E-state index in [0.717, 1.165) is 30.7 Å².